The number of rotatable bonds is 7. The molecule has 0 radical (unpaired) electrons. The van der Waals surface area contributed by atoms with Gasteiger partial charge in [0.2, 0.25) is 5.91 Å². The lowest BCUT2D eigenvalue weighted by molar-refractivity contribution is -0.142. The molecule has 1 saturated carbocycles. The average Bonchev–Trinajstić information content (AvgIpc) is 2.83. The second-order valence-electron chi connectivity index (χ2n) is 5.88. The van der Waals surface area contributed by atoms with Crippen molar-refractivity contribution in [1.82, 2.24) is 4.90 Å². The van der Waals surface area contributed by atoms with Crippen molar-refractivity contribution in [3.05, 3.63) is 0 Å². The van der Waals surface area contributed by atoms with Gasteiger partial charge in [-0.1, -0.05) is 19.8 Å². The number of hydrogen-bond acceptors (Lipinski definition) is 2. The molecule has 1 rings (SSSR count). The Balaban J connectivity index is 2.55. The highest BCUT2D eigenvalue weighted by atomic mass is 16.4. The molecule has 1 N–H and O–H groups in total. The summed E-state index contributed by atoms with van der Waals surface area (Å²) in [6, 6.07) is 0.202. The van der Waals surface area contributed by atoms with Gasteiger partial charge >= 0.3 is 5.97 Å². The predicted octanol–water partition coefficient (Wildman–Crippen LogP) is 2.91. The molecular weight excluding hydrogens is 242 g/mol. The van der Waals surface area contributed by atoms with Gasteiger partial charge in [0.25, 0.3) is 0 Å². The Morgan fingerprint density at radius 1 is 1.21 bits per heavy atom. The SMILES string of the molecule is CCCCCN(C(=O)[C@@H]1CC[C@H](C(=O)O)C1)C(C)C. The Hall–Kier alpha value is -1.06. The Labute approximate surface area is 116 Å². The Morgan fingerprint density at radius 3 is 2.32 bits per heavy atom. The van der Waals surface area contributed by atoms with E-state index in [1.807, 2.05) is 18.7 Å². The molecular formula is C15H27NO3. The van der Waals surface area contributed by atoms with E-state index in [2.05, 4.69) is 6.92 Å². The monoisotopic (exact) mass is 269 g/mol. The number of carbonyl (C=O) groups excluding carboxylic acids is 1. The lowest BCUT2D eigenvalue weighted by Gasteiger charge is -2.29. The molecule has 0 aromatic carbocycles. The normalized spacial score (nSPS) is 22.7. The van der Waals surface area contributed by atoms with E-state index < -0.39 is 5.97 Å². The molecule has 110 valence electrons. The zero-order valence-corrected chi connectivity index (χ0v) is 12.4. The fraction of sp³-hybridized carbons (Fsp3) is 0.867. The lowest BCUT2D eigenvalue weighted by atomic mass is 10.0. The Morgan fingerprint density at radius 2 is 1.84 bits per heavy atom. The number of carboxylic acid groups (broad SMARTS) is 1. The molecule has 0 spiro atoms. The van der Waals surface area contributed by atoms with Crippen molar-refractivity contribution < 1.29 is 14.7 Å². The number of unbranched alkanes of at least 4 members (excludes halogenated alkanes) is 2. The van der Waals surface area contributed by atoms with E-state index in [1.54, 1.807) is 0 Å². The van der Waals surface area contributed by atoms with Crippen LogP contribution >= 0.6 is 0 Å². The summed E-state index contributed by atoms with van der Waals surface area (Å²) in [5.74, 6) is -0.990. The maximum absolute atomic E-state index is 12.5. The third-order valence-corrected chi connectivity index (χ3v) is 4.04. The van der Waals surface area contributed by atoms with Gasteiger partial charge in [-0.2, -0.15) is 0 Å². The van der Waals surface area contributed by atoms with Crippen molar-refractivity contribution in [2.24, 2.45) is 11.8 Å². The Bertz CT molecular complexity index is 315. The van der Waals surface area contributed by atoms with Gasteiger partial charge in [0.1, 0.15) is 0 Å². The van der Waals surface area contributed by atoms with Crippen LogP contribution in [0.15, 0.2) is 0 Å². The van der Waals surface area contributed by atoms with Crippen LogP contribution < -0.4 is 0 Å². The van der Waals surface area contributed by atoms with Crippen molar-refractivity contribution in [2.45, 2.75) is 65.3 Å². The standard InChI is InChI=1S/C15H27NO3/c1-4-5-6-9-16(11(2)3)14(17)12-7-8-13(10-12)15(18)19/h11-13H,4-10H2,1-3H3,(H,18,19)/t12-,13+/m1/s1. The second-order valence-corrected chi connectivity index (χ2v) is 5.88. The number of amides is 1. The van der Waals surface area contributed by atoms with Crippen LogP contribution in [0.4, 0.5) is 0 Å². The largest absolute Gasteiger partial charge is 0.481 e. The summed E-state index contributed by atoms with van der Waals surface area (Å²) < 4.78 is 0. The molecule has 4 nitrogen and oxygen atoms in total. The maximum Gasteiger partial charge on any atom is 0.306 e. The molecule has 0 aromatic heterocycles. The molecule has 0 aromatic rings. The summed E-state index contributed by atoms with van der Waals surface area (Å²) >= 11 is 0. The van der Waals surface area contributed by atoms with Gasteiger partial charge in [0, 0.05) is 18.5 Å². The highest BCUT2D eigenvalue weighted by Gasteiger charge is 2.36. The van der Waals surface area contributed by atoms with Gasteiger partial charge in [-0.05, 0) is 39.5 Å². The highest BCUT2D eigenvalue weighted by Crippen LogP contribution is 2.32. The first-order valence-corrected chi connectivity index (χ1v) is 7.50. The highest BCUT2D eigenvalue weighted by molar-refractivity contribution is 5.81. The van der Waals surface area contributed by atoms with Gasteiger partial charge in [0.15, 0.2) is 0 Å². The van der Waals surface area contributed by atoms with E-state index in [-0.39, 0.29) is 23.8 Å². The van der Waals surface area contributed by atoms with E-state index >= 15 is 0 Å². The first-order chi connectivity index (χ1) is 8.97. The number of carbonyl (C=O) groups is 2. The average molecular weight is 269 g/mol. The first-order valence-electron chi connectivity index (χ1n) is 7.50. The van der Waals surface area contributed by atoms with Gasteiger partial charge in [0.05, 0.1) is 5.92 Å². The van der Waals surface area contributed by atoms with E-state index in [0.29, 0.717) is 12.8 Å². The van der Waals surface area contributed by atoms with Crippen LogP contribution in [0.3, 0.4) is 0 Å². The molecule has 4 heteroatoms. The molecule has 0 saturated heterocycles. The molecule has 1 fully saturated rings. The van der Waals surface area contributed by atoms with Crippen molar-refractivity contribution in [1.29, 1.82) is 0 Å². The van der Waals surface area contributed by atoms with Crippen molar-refractivity contribution >= 4 is 11.9 Å². The summed E-state index contributed by atoms with van der Waals surface area (Å²) in [6.45, 7) is 7.02. The summed E-state index contributed by atoms with van der Waals surface area (Å²) in [5.41, 5.74) is 0. The summed E-state index contributed by atoms with van der Waals surface area (Å²) in [6.07, 6.45) is 5.21. The second kappa shape index (κ2) is 7.51. The van der Waals surface area contributed by atoms with Crippen LogP contribution in [0.1, 0.15) is 59.3 Å². The van der Waals surface area contributed by atoms with Crippen LogP contribution in [0.5, 0.6) is 0 Å². The molecule has 1 aliphatic carbocycles. The molecule has 0 heterocycles. The molecule has 1 amide bonds. The van der Waals surface area contributed by atoms with Crippen LogP contribution in [-0.2, 0) is 9.59 Å². The van der Waals surface area contributed by atoms with Crippen LogP contribution in [0.25, 0.3) is 0 Å². The Kier molecular flexibility index (Phi) is 6.32. The number of aliphatic carboxylic acids is 1. The topological polar surface area (TPSA) is 57.6 Å². The lowest BCUT2D eigenvalue weighted by Crippen LogP contribution is -2.41. The van der Waals surface area contributed by atoms with Gasteiger partial charge in [-0.15, -0.1) is 0 Å². The fourth-order valence-electron chi connectivity index (χ4n) is 2.82. The minimum Gasteiger partial charge on any atom is -0.481 e. The quantitative estimate of drug-likeness (QED) is 0.723. The third kappa shape index (κ3) is 4.51. The van der Waals surface area contributed by atoms with Crippen molar-refractivity contribution in [2.75, 3.05) is 6.54 Å². The van der Waals surface area contributed by atoms with E-state index in [0.717, 1.165) is 32.2 Å². The van der Waals surface area contributed by atoms with Crippen molar-refractivity contribution in [3.8, 4) is 0 Å². The van der Waals surface area contributed by atoms with E-state index in [1.165, 1.54) is 0 Å². The summed E-state index contributed by atoms with van der Waals surface area (Å²) in [4.78, 5) is 25.4. The molecule has 0 bridgehead atoms. The summed E-state index contributed by atoms with van der Waals surface area (Å²) in [7, 11) is 0. The van der Waals surface area contributed by atoms with Gasteiger partial charge < -0.3 is 10.0 Å². The minimum absolute atomic E-state index is 0.0786. The zero-order chi connectivity index (χ0) is 14.4. The first kappa shape index (κ1) is 16.0. The molecule has 2 atom stereocenters. The smallest absolute Gasteiger partial charge is 0.306 e. The molecule has 1 aliphatic rings. The van der Waals surface area contributed by atoms with Crippen LogP contribution in [-0.4, -0.2) is 34.5 Å². The van der Waals surface area contributed by atoms with Crippen LogP contribution in [0, 0.1) is 11.8 Å². The zero-order valence-electron chi connectivity index (χ0n) is 12.4. The summed E-state index contributed by atoms with van der Waals surface area (Å²) in [5, 5.41) is 9.01. The van der Waals surface area contributed by atoms with Gasteiger partial charge in [-0.3, -0.25) is 9.59 Å². The number of hydrogen-bond donors (Lipinski definition) is 1. The number of nitrogens with zero attached hydrogens (tertiary/aromatic N) is 1. The minimum atomic E-state index is -0.752. The fourth-order valence-corrected chi connectivity index (χ4v) is 2.82. The van der Waals surface area contributed by atoms with Crippen LogP contribution in [0.2, 0.25) is 0 Å². The number of carboxylic acids is 1. The maximum atomic E-state index is 12.5. The van der Waals surface area contributed by atoms with E-state index in [4.69, 9.17) is 5.11 Å². The molecule has 19 heavy (non-hydrogen) atoms. The van der Waals surface area contributed by atoms with E-state index in [9.17, 15) is 9.59 Å². The van der Waals surface area contributed by atoms with Gasteiger partial charge in [-0.25, -0.2) is 0 Å². The van der Waals surface area contributed by atoms with Crippen molar-refractivity contribution in [3.63, 3.8) is 0 Å². The predicted molar refractivity (Wildman–Crippen MR) is 74.8 cm³/mol. The molecule has 0 aliphatic heterocycles. The molecule has 0 unspecified atom stereocenters. The third-order valence-electron chi connectivity index (χ3n) is 4.04.